The molecule has 22 heavy (non-hydrogen) atoms. The van der Waals surface area contributed by atoms with E-state index in [0.29, 0.717) is 22.4 Å². The zero-order chi connectivity index (χ0) is 15.9. The number of amides is 1. The van der Waals surface area contributed by atoms with E-state index in [4.69, 9.17) is 10.4 Å². The molecule has 0 spiro atoms. The number of aliphatic carboxylic acids is 1. The first kappa shape index (κ1) is 15.0. The van der Waals surface area contributed by atoms with Gasteiger partial charge < -0.3 is 10.4 Å². The van der Waals surface area contributed by atoms with Gasteiger partial charge in [0.15, 0.2) is 0 Å². The van der Waals surface area contributed by atoms with Gasteiger partial charge in [0.05, 0.1) is 11.6 Å². The van der Waals surface area contributed by atoms with Gasteiger partial charge in [0.2, 0.25) is 0 Å². The number of para-hydroxylation sites is 1. The number of nitriles is 1. The second-order valence-electron chi connectivity index (χ2n) is 4.41. The molecule has 0 saturated carbocycles. The molecule has 108 valence electrons. The summed E-state index contributed by atoms with van der Waals surface area (Å²) in [4.78, 5) is 22.8. The number of rotatable bonds is 4. The molecule has 1 amide bonds. The summed E-state index contributed by atoms with van der Waals surface area (Å²) < 4.78 is 0. The van der Waals surface area contributed by atoms with Crippen LogP contribution >= 0.6 is 0 Å². The molecule has 0 aromatic heterocycles. The second kappa shape index (κ2) is 6.86. The van der Waals surface area contributed by atoms with Gasteiger partial charge in [-0.2, -0.15) is 5.26 Å². The lowest BCUT2D eigenvalue weighted by Crippen LogP contribution is -2.12. The van der Waals surface area contributed by atoms with Gasteiger partial charge >= 0.3 is 5.97 Å². The normalized spacial score (nSPS) is 10.1. The highest BCUT2D eigenvalue weighted by Crippen LogP contribution is 2.18. The molecule has 2 N–H and O–H groups in total. The standard InChI is InChI=1S/C17H12N2O3/c18-11-12-4-3-6-14(10-12)17(22)19-15-7-2-1-5-13(15)8-9-16(20)21/h1-10H,(H,19,22)(H,20,21). The average Bonchev–Trinajstić information content (AvgIpc) is 2.54. The van der Waals surface area contributed by atoms with Crippen molar-refractivity contribution in [2.75, 3.05) is 5.32 Å². The van der Waals surface area contributed by atoms with E-state index < -0.39 is 5.97 Å². The number of benzene rings is 2. The molecule has 5 heteroatoms. The number of nitrogens with one attached hydrogen (secondary N) is 1. The van der Waals surface area contributed by atoms with E-state index >= 15 is 0 Å². The number of hydrogen-bond acceptors (Lipinski definition) is 3. The van der Waals surface area contributed by atoms with Crippen LogP contribution < -0.4 is 5.32 Å². The minimum absolute atomic E-state index is 0.357. The lowest BCUT2D eigenvalue weighted by atomic mass is 10.1. The summed E-state index contributed by atoms with van der Waals surface area (Å²) in [6, 6.07) is 15.2. The highest BCUT2D eigenvalue weighted by Gasteiger charge is 2.08. The Balaban J connectivity index is 2.25. The molecule has 2 rings (SSSR count). The first-order valence-corrected chi connectivity index (χ1v) is 6.41. The first-order valence-electron chi connectivity index (χ1n) is 6.41. The predicted molar refractivity (Wildman–Crippen MR) is 82.2 cm³/mol. The Hall–Kier alpha value is -3.39. The molecule has 0 aliphatic heterocycles. The van der Waals surface area contributed by atoms with Gasteiger partial charge in [0.25, 0.3) is 5.91 Å². The van der Waals surface area contributed by atoms with E-state index in [1.54, 1.807) is 42.5 Å². The van der Waals surface area contributed by atoms with Crippen molar-refractivity contribution in [1.82, 2.24) is 0 Å². The number of carboxylic acids is 1. The third-order valence-corrected chi connectivity index (χ3v) is 2.87. The summed E-state index contributed by atoms with van der Waals surface area (Å²) in [6.45, 7) is 0. The van der Waals surface area contributed by atoms with Crippen LogP contribution in [0.15, 0.2) is 54.6 Å². The Morgan fingerprint density at radius 2 is 1.91 bits per heavy atom. The van der Waals surface area contributed by atoms with Gasteiger partial charge in [-0.3, -0.25) is 4.79 Å². The third kappa shape index (κ3) is 3.81. The Morgan fingerprint density at radius 1 is 1.14 bits per heavy atom. The molecule has 0 heterocycles. The van der Waals surface area contributed by atoms with E-state index in [-0.39, 0.29) is 5.91 Å². The second-order valence-corrected chi connectivity index (χ2v) is 4.41. The quantitative estimate of drug-likeness (QED) is 0.848. The monoisotopic (exact) mass is 292 g/mol. The van der Waals surface area contributed by atoms with Crippen LogP contribution in [0.4, 0.5) is 5.69 Å². The van der Waals surface area contributed by atoms with Crippen LogP contribution in [0.3, 0.4) is 0 Å². The molecule has 0 saturated heterocycles. The van der Waals surface area contributed by atoms with Crippen molar-refractivity contribution < 1.29 is 14.7 Å². The number of carbonyl (C=O) groups is 2. The molecule has 0 aliphatic carbocycles. The van der Waals surface area contributed by atoms with E-state index in [0.717, 1.165) is 6.08 Å². The van der Waals surface area contributed by atoms with Crippen molar-refractivity contribution >= 4 is 23.6 Å². The molecule has 2 aromatic rings. The summed E-state index contributed by atoms with van der Waals surface area (Å²) >= 11 is 0. The molecule has 0 unspecified atom stereocenters. The summed E-state index contributed by atoms with van der Waals surface area (Å²) in [5, 5.41) is 20.2. The van der Waals surface area contributed by atoms with Crippen LogP contribution in [-0.2, 0) is 4.79 Å². The summed E-state index contributed by atoms with van der Waals surface area (Å²) in [5.74, 6) is -1.43. The van der Waals surface area contributed by atoms with E-state index in [1.165, 1.54) is 12.1 Å². The van der Waals surface area contributed by atoms with E-state index in [9.17, 15) is 9.59 Å². The highest BCUT2D eigenvalue weighted by atomic mass is 16.4. The van der Waals surface area contributed by atoms with Crippen LogP contribution in [0.1, 0.15) is 21.5 Å². The van der Waals surface area contributed by atoms with Crippen molar-refractivity contribution in [3.8, 4) is 6.07 Å². The first-order chi connectivity index (χ1) is 10.6. The number of nitrogens with zero attached hydrogens (tertiary/aromatic N) is 1. The largest absolute Gasteiger partial charge is 0.478 e. The fraction of sp³-hybridized carbons (Fsp3) is 0. The summed E-state index contributed by atoms with van der Waals surface area (Å²) in [6.07, 6.45) is 2.41. The lowest BCUT2D eigenvalue weighted by molar-refractivity contribution is -0.131. The molecular weight excluding hydrogens is 280 g/mol. The van der Waals surface area contributed by atoms with Gasteiger partial charge in [-0.05, 0) is 35.9 Å². The summed E-state index contributed by atoms with van der Waals surface area (Å²) in [7, 11) is 0. The zero-order valence-electron chi connectivity index (χ0n) is 11.5. The molecule has 0 atom stereocenters. The number of anilines is 1. The van der Waals surface area contributed by atoms with Gasteiger partial charge in [0.1, 0.15) is 0 Å². The zero-order valence-corrected chi connectivity index (χ0v) is 11.5. The molecule has 0 aliphatic rings. The Kier molecular flexibility index (Phi) is 4.68. The van der Waals surface area contributed by atoms with Crippen LogP contribution in [0.5, 0.6) is 0 Å². The molecule has 0 radical (unpaired) electrons. The Labute approximate surface area is 127 Å². The van der Waals surface area contributed by atoms with E-state index in [2.05, 4.69) is 5.32 Å². The van der Waals surface area contributed by atoms with Gasteiger partial charge in [-0.1, -0.05) is 24.3 Å². The fourth-order valence-electron chi connectivity index (χ4n) is 1.84. The Bertz CT molecular complexity index is 788. The Morgan fingerprint density at radius 3 is 2.64 bits per heavy atom. The maximum Gasteiger partial charge on any atom is 0.328 e. The molecule has 2 aromatic carbocycles. The van der Waals surface area contributed by atoms with Crippen molar-refractivity contribution in [3.63, 3.8) is 0 Å². The van der Waals surface area contributed by atoms with Gasteiger partial charge in [0, 0.05) is 17.3 Å². The maximum absolute atomic E-state index is 12.2. The minimum Gasteiger partial charge on any atom is -0.478 e. The van der Waals surface area contributed by atoms with Crippen molar-refractivity contribution in [1.29, 1.82) is 5.26 Å². The lowest BCUT2D eigenvalue weighted by Gasteiger charge is -2.08. The molecular formula is C17H12N2O3. The molecule has 5 nitrogen and oxygen atoms in total. The van der Waals surface area contributed by atoms with Crippen LogP contribution in [0, 0.1) is 11.3 Å². The van der Waals surface area contributed by atoms with Gasteiger partial charge in [-0.15, -0.1) is 0 Å². The average molecular weight is 292 g/mol. The minimum atomic E-state index is -1.07. The van der Waals surface area contributed by atoms with Gasteiger partial charge in [-0.25, -0.2) is 4.79 Å². The van der Waals surface area contributed by atoms with E-state index in [1.807, 2.05) is 6.07 Å². The van der Waals surface area contributed by atoms with Crippen molar-refractivity contribution in [2.45, 2.75) is 0 Å². The maximum atomic E-state index is 12.2. The SMILES string of the molecule is N#Cc1cccc(C(=O)Nc2ccccc2C=CC(=O)O)c1. The number of carboxylic acid groups (broad SMARTS) is 1. The van der Waals surface area contributed by atoms with Crippen LogP contribution in [0.2, 0.25) is 0 Å². The molecule has 0 bridgehead atoms. The molecule has 0 fully saturated rings. The predicted octanol–water partition coefficient (Wildman–Crippen LogP) is 2.91. The van der Waals surface area contributed by atoms with Crippen molar-refractivity contribution in [2.24, 2.45) is 0 Å². The topological polar surface area (TPSA) is 90.2 Å². The third-order valence-electron chi connectivity index (χ3n) is 2.87. The van der Waals surface area contributed by atoms with Crippen LogP contribution in [0.25, 0.3) is 6.08 Å². The smallest absolute Gasteiger partial charge is 0.328 e. The fourth-order valence-corrected chi connectivity index (χ4v) is 1.84. The summed E-state index contributed by atoms with van der Waals surface area (Å²) in [5.41, 5.74) is 1.82. The highest BCUT2D eigenvalue weighted by molar-refractivity contribution is 6.05. The number of hydrogen-bond donors (Lipinski definition) is 2. The number of carbonyl (C=O) groups excluding carboxylic acids is 1. The van der Waals surface area contributed by atoms with Crippen molar-refractivity contribution in [3.05, 3.63) is 71.3 Å². The van der Waals surface area contributed by atoms with Crippen LogP contribution in [-0.4, -0.2) is 17.0 Å².